The fraction of sp³-hybridized carbons (Fsp3) is 0.833. The summed E-state index contributed by atoms with van der Waals surface area (Å²) in [5.41, 5.74) is -0.473. The van der Waals surface area contributed by atoms with Crippen LogP contribution in [0, 0.1) is 11.3 Å². The van der Waals surface area contributed by atoms with Crippen molar-refractivity contribution >= 4 is 11.8 Å². The maximum Gasteiger partial charge on any atom is 0.306 e. The predicted molar refractivity (Wildman–Crippen MR) is 57.4 cm³/mol. The molecule has 3 nitrogen and oxygen atoms in total. The number of ketones is 1. The van der Waals surface area contributed by atoms with E-state index in [1.807, 2.05) is 6.92 Å². The Bertz CT molecular complexity index is 260. The molecule has 0 aromatic rings. The van der Waals surface area contributed by atoms with Crippen LogP contribution in [0.4, 0.5) is 0 Å². The first-order valence-corrected chi connectivity index (χ1v) is 5.67. The van der Waals surface area contributed by atoms with Crippen molar-refractivity contribution in [2.24, 2.45) is 11.3 Å². The Morgan fingerprint density at radius 3 is 2.80 bits per heavy atom. The van der Waals surface area contributed by atoms with Crippen molar-refractivity contribution < 1.29 is 14.3 Å². The monoisotopic (exact) mass is 212 g/mol. The molecule has 15 heavy (non-hydrogen) atoms. The molecule has 0 aromatic heterocycles. The van der Waals surface area contributed by atoms with E-state index >= 15 is 0 Å². The highest BCUT2D eigenvalue weighted by Gasteiger charge is 2.39. The molecule has 2 atom stereocenters. The topological polar surface area (TPSA) is 43.4 Å². The third kappa shape index (κ3) is 3.05. The quantitative estimate of drug-likeness (QED) is 0.674. The van der Waals surface area contributed by atoms with Crippen molar-refractivity contribution in [2.45, 2.75) is 46.5 Å². The van der Waals surface area contributed by atoms with Crippen molar-refractivity contribution in [1.82, 2.24) is 0 Å². The summed E-state index contributed by atoms with van der Waals surface area (Å²) in [4.78, 5) is 23.2. The first kappa shape index (κ1) is 12.2. The summed E-state index contributed by atoms with van der Waals surface area (Å²) in [5, 5.41) is 0. The van der Waals surface area contributed by atoms with Gasteiger partial charge in [0.15, 0.2) is 0 Å². The molecule has 2 unspecified atom stereocenters. The first-order valence-electron chi connectivity index (χ1n) is 5.67. The molecule has 1 fully saturated rings. The maximum absolute atomic E-state index is 11.9. The van der Waals surface area contributed by atoms with Gasteiger partial charge in [0.05, 0.1) is 13.0 Å². The minimum atomic E-state index is -0.473. The average Bonchev–Trinajstić information content (AvgIpc) is 2.13. The largest absolute Gasteiger partial charge is 0.466 e. The standard InChI is InChI=1S/C12H20O3/c1-4-15-11(14)8-12(3)6-5-9(2)7-10(12)13/h9H,4-8H2,1-3H3. The zero-order chi connectivity index (χ0) is 11.5. The van der Waals surface area contributed by atoms with Gasteiger partial charge in [-0.15, -0.1) is 0 Å². The predicted octanol–water partition coefficient (Wildman–Crippen LogP) is 2.33. The van der Waals surface area contributed by atoms with E-state index in [1.54, 1.807) is 6.92 Å². The summed E-state index contributed by atoms with van der Waals surface area (Å²) in [6, 6.07) is 0. The molecule has 0 heterocycles. The Morgan fingerprint density at radius 1 is 1.60 bits per heavy atom. The molecule has 3 heteroatoms. The fourth-order valence-corrected chi connectivity index (χ4v) is 2.09. The van der Waals surface area contributed by atoms with E-state index in [2.05, 4.69) is 6.92 Å². The number of carbonyl (C=O) groups is 2. The van der Waals surface area contributed by atoms with Crippen molar-refractivity contribution in [2.75, 3.05) is 6.61 Å². The van der Waals surface area contributed by atoms with Gasteiger partial charge < -0.3 is 4.74 Å². The second-order valence-electron chi connectivity index (χ2n) is 4.81. The van der Waals surface area contributed by atoms with E-state index in [4.69, 9.17) is 4.74 Å². The lowest BCUT2D eigenvalue weighted by molar-refractivity contribution is -0.150. The normalized spacial score (nSPS) is 31.4. The number of rotatable bonds is 3. The smallest absolute Gasteiger partial charge is 0.306 e. The van der Waals surface area contributed by atoms with E-state index in [-0.39, 0.29) is 18.2 Å². The molecule has 0 aliphatic heterocycles. The number of hydrogen-bond donors (Lipinski definition) is 0. The third-order valence-electron chi connectivity index (χ3n) is 3.24. The lowest BCUT2D eigenvalue weighted by atomic mass is 9.69. The van der Waals surface area contributed by atoms with Crippen LogP contribution in [0.1, 0.15) is 46.5 Å². The van der Waals surface area contributed by atoms with E-state index in [0.29, 0.717) is 18.9 Å². The molecule has 0 spiro atoms. The fourth-order valence-electron chi connectivity index (χ4n) is 2.09. The van der Waals surface area contributed by atoms with Gasteiger partial charge in [-0.25, -0.2) is 0 Å². The van der Waals surface area contributed by atoms with Crippen molar-refractivity contribution in [3.05, 3.63) is 0 Å². The van der Waals surface area contributed by atoms with Crippen LogP contribution >= 0.6 is 0 Å². The van der Waals surface area contributed by atoms with E-state index < -0.39 is 5.41 Å². The summed E-state index contributed by atoms with van der Waals surface area (Å²) in [6.07, 6.45) is 2.69. The van der Waals surface area contributed by atoms with Gasteiger partial charge in [-0.05, 0) is 25.7 Å². The van der Waals surface area contributed by atoms with Crippen LogP contribution in [-0.4, -0.2) is 18.4 Å². The van der Waals surface area contributed by atoms with Crippen LogP contribution in [0.2, 0.25) is 0 Å². The first-order chi connectivity index (χ1) is 6.98. The Kier molecular flexibility index (Phi) is 3.89. The Labute approximate surface area is 91.2 Å². The summed E-state index contributed by atoms with van der Waals surface area (Å²) >= 11 is 0. The Morgan fingerprint density at radius 2 is 2.27 bits per heavy atom. The van der Waals surface area contributed by atoms with Crippen molar-refractivity contribution in [3.8, 4) is 0 Å². The van der Waals surface area contributed by atoms with Crippen LogP contribution < -0.4 is 0 Å². The Balaban J connectivity index is 2.58. The van der Waals surface area contributed by atoms with Gasteiger partial charge in [-0.3, -0.25) is 9.59 Å². The molecule has 1 aliphatic rings. The molecule has 0 aromatic carbocycles. The molecule has 0 amide bonds. The maximum atomic E-state index is 11.9. The zero-order valence-corrected chi connectivity index (χ0v) is 9.84. The summed E-state index contributed by atoms with van der Waals surface area (Å²) in [5.74, 6) is 0.435. The van der Waals surface area contributed by atoms with Gasteiger partial charge in [-0.2, -0.15) is 0 Å². The number of Topliss-reactive ketones (excluding diaryl/α,β-unsaturated/α-hetero) is 1. The van der Waals surface area contributed by atoms with Crippen LogP contribution in [0.3, 0.4) is 0 Å². The number of hydrogen-bond acceptors (Lipinski definition) is 3. The van der Waals surface area contributed by atoms with Gasteiger partial charge in [0.25, 0.3) is 0 Å². The van der Waals surface area contributed by atoms with Crippen LogP contribution in [0.25, 0.3) is 0 Å². The lowest BCUT2D eigenvalue weighted by Crippen LogP contribution is -2.36. The minimum Gasteiger partial charge on any atom is -0.466 e. The van der Waals surface area contributed by atoms with Crippen molar-refractivity contribution in [1.29, 1.82) is 0 Å². The highest BCUT2D eigenvalue weighted by Crippen LogP contribution is 2.38. The summed E-state index contributed by atoms with van der Waals surface area (Å²) in [7, 11) is 0. The molecular formula is C12H20O3. The van der Waals surface area contributed by atoms with Gasteiger partial charge in [-0.1, -0.05) is 13.8 Å². The molecule has 1 rings (SSSR count). The van der Waals surface area contributed by atoms with E-state index in [9.17, 15) is 9.59 Å². The lowest BCUT2D eigenvalue weighted by Gasteiger charge is -2.33. The highest BCUT2D eigenvalue weighted by atomic mass is 16.5. The van der Waals surface area contributed by atoms with Crippen LogP contribution in [0.15, 0.2) is 0 Å². The highest BCUT2D eigenvalue weighted by molar-refractivity contribution is 5.89. The molecule has 1 saturated carbocycles. The SMILES string of the molecule is CCOC(=O)CC1(C)CCC(C)CC1=O. The summed E-state index contributed by atoms with van der Waals surface area (Å²) in [6.45, 7) is 6.14. The molecule has 0 radical (unpaired) electrons. The molecular weight excluding hydrogens is 192 g/mol. The number of ether oxygens (including phenoxy) is 1. The van der Waals surface area contributed by atoms with Crippen molar-refractivity contribution in [3.63, 3.8) is 0 Å². The minimum absolute atomic E-state index is 0.217. The van der Waals surface area contributed by atoms with Gasteiger partial charge >= 0.3 is 5.97 Å². The van der Waals surface area contributed by atoms with Gasteiger partial charge in [0, 0.05) is 11.8 Å². The average molecular weight is 212 g/mol. The third-order valence-corrected chi connectivity index (χ3v) is 3.24. The summed E-state index contributed by atoms with van der Waals surface area (Å²) < 4.78 is 4.89. The van der Waals surface area contributed by atoms with Gasteiger partial charge in [0.1, 0.15) is 5.78 Å². The number of carbonyl (C=O) groups excluding carboxylic acids is 2. The molecule has 0 N–H and O–H groups in total. The Hall–Kier alpha value is -0.860. The zero-order valence-electron chi connectivity index (χ0n) is 9.84. The van der Waals surface area contributed by atoms with Gasteiger partial charge in [0.2, 0.25) is 0 Å². The molecule has 1 aliphatic carbocycles. The van der Waals surface area contributed by atoms with Crippen LogP contribution in [0.5, 0.6) is 0 Å². The van der Waals surface area contributed by atoms with E-state index in [0.717, 1.165) is 12.8 Å². The number of esters is 1. The molecule has 86 valence electrons. The molecule has 0 saturated heterocycles. The van der Waals surface area contributed by atoms with E-state index in [1.165, 1.54) is 0 Å². The van der Waals surface area contributed by atoms with Crippen LogP contribution in [-0.2, 0) is 14.3 Å². The second-order valence-corrected chi connectivity index (χ2v) is 4.81. The second kappa shape index (κ2) is 4.77. The molecule has 0 bridgehead atoms.